The van der Waals surface area contributed by atoms with Crippen molar-refractivity contribution in [2.75, 3.05) is 6.54 Å². The molecule has 6 heteroatoms. The Morgan fingerprint density at radius 1 is 1.35 bits per heavy atom. The molecule has 2 N–H and O–H groups in total. The zero-order chi connectivity index (χ0) is 14.7. The van der Waals surface area contributed by atoms with Gasteiger partial charge in [-0.25, -0.2) is 8.78 Å². The molecule has 0 aliphatic carbocycles. The highest BCUT2D eigenvalue weighted by atomic mass is 32.1. The Labute approximate surface area is 118 Å². The van der Waals surface area contributed by atoms with E-state index < -0.39 is 29.2 Å². The number of hydrogen-bond acceptors (Lipinski definition) is 3. The average Bonchev–Trinajstić information content (AvgIpc) is 2.82. The molecule has 0 unspecified atom stereocenters. The number of rotatable bonds is 4. The fraction of sp³-hybridized carbons (Fsp3) is 0.214. The molecule has 0 saturated carbocycles. The van der Waals surface area contributed by atoms with Gasteiger partial charge in [-0.15, -0.1) is 11.3 Å². The molecule has 1 amide bonds. The van der Waals surface area contributed by atoms with Gasteiger partial charge in [-0.1, -0.05) is 6.07 Å². The summed E-state index contributed by atoms with van der Waals surface area (Å²) >= 11 is 1.36. The predicted octanol–water partition coefficient (Wildman–Crippen LogP) is 2.80. The van der Waals surface area contributed by atoms with Crippen LogP contribution in [-0.4, -0.2) is 17.6 Å². The average molecular weight is 297 g/mol. The minimum Gasteiger partial charge on any atom is -0.386 e. The van der Waals surface area contributed by atoms with Gasteiger partial charge in [0.25, 0.3) is 5.91 Å². The highest BCUT2D eigenvalue weighted by Crippen LogP contribution is 2.23. The Bertz CT molecular complexity index is 607. The number of hydrogen-bond donors (Lipinski definition) is 2. The van der Waals surface area contributed by atoms with Crippen molar-refractivity contribution < 1.29 is 18.7 Å². The standard InChI is InChI=1S/C14H13F2NO2S/c1-8-5-6-20-13(8)11(18)7-17-14(19)12-9(15)3-2-4-10(12)16/h2-6,11,18H,7H2,1H3,(H,17,19)/t11-/m0/s1. The SMILES string of the molecule is Cc1ccsc1[C@@H](O)CNC(=O)c1c(F)cccc1F. The molecule has 0 bridgehead atoms. The first kappa shape index (κ1) is 14.6. The largest absolute Gasteiger partial charge is 0.386 e. The van der Waals surface area contributed by atoms with Crippen molar-refractivity contribution in [3.8, 4) is 0 Å². The van der Waals surface area contributed by atoms with Crippen LogP contribution in [0.5, 0.6) is 0 Å². The number of aliphatic hydroxyl groups excluding tert-OH is 1. The van der Waals surface area contributed by atoms with Crippen molar-refractivity contribution in [3.63, 3.8) is 0 Å². The maximum atomic E-state index is 13.4. The minimum atomic E-state index is -0.927. The van der Waals surface area contributed by atoms with Crippen LogP contribution in [0.3, 0.4) is 0 Å². The van der Waals surface area contributed by atoms with Crippen molar-refractivity contribution in [1.29, 1.82) is 0 Å². The number of amides is 1. The molecule has 0 aliphatic rings. The molecule has 20 heavy (non-hydrogen) atoms. The summed E-state index contributed by atoms with van der Waals surface area (Å²) in [5.74, 6) is -2.73. The quantitative estimate of drug-likeness (QED) is 0.911. The fourth-order valence-electron chi connectivity index (χ4n) is 1.81. The van der Waals surface area contributed by atoms with Gasteiger partial charge in [-0.2, -0.15) is 0 Å². The number of carbonyl (C=O) groups is 1. The van der Waals surface area contributed by atoms with Crippen LogP contribution in [0.2, 0.25) is 0 Å². The Morgan fingerprint density at radius 3 is 2.55 bits per heavy atom. The Kier molecular flexibility index (Phi) is 4.46. The normalized spacial score (nSPS) is 12.2. The summed E-state index contributed by atoms with van der Waals surface area (Å²) < 4.78 is 26.8. The van der Waals surface area contributed by atoms with Crippen LogP contribution < -0.4 is 5.32 Å². The van der Waals surface area contributed by atoms with E-state index in [0.29, 0.717) is 0 Å². The van der Waals surface area contributed by atoms with E-state index in [0.717, 1.165) is 22.6 Å². The van der Waals surface area contributed by atoms with E-state index in [1.165, 1.54) is 17.4 Å². The molecular weight excluding hydrogens is 284 g/mol. The van der Waals surface area contributed by atoms with Gasteiger partial charge in [-0.05, 0) is 36.1 Å². The van der Waals surface area contributed by atoms with Crippen molar-refractivity contribution in [2.45, 2.75) is 13.0 Å². The summed E-state index contributed by atoms with van der Waals surface area (Å²) in [4.78, 5) is 12.5. The van der Waals surface area contributed by atoms with E-state index in [2.05, 4.69) is 5.32 Å². The van der Waals surface area contributed by atoms with Gasteiger partial charge < -0.3 is 10.4 Å². The molecule has 0 radical (unpaired) electrons. The lowest BCUT2D eigenvalue weighted by Gasteiger charge is -2.12. The van der Waals surface area contributed by atoms with Gasteiger partial charge in [0.05, 0.1) is 0 Å². The second kappa shape index (κ2) is 6.11. The lowest BCUT2D eigenvalue weighted by Crippen LogP contribution is -2.29. The van der Waals surface area contributed by atoms with Crippen molar-refractivity contribution in [2.24, 2.45) is 0 Å². The number of aliphatic hydroxyl groups is 1. The molecule has 3 nitrogen and oxygen atoms in total. The number of thiophene rings is 1. The summed E-state index contributed by atoms with van der Waals surface area (Å²) in [5, 5.41) is 14.1. The van der Waals surface area contributed by atoms with Gasteiger partial charge in [0.1, 0.15) is 23.3 Å². The fourth-order valence-corrected chi connectivity index (χ4v) is 2.72. The van der Waals surface area contributed by atoms with Crippen LogP contribution >= 0.6 is 11.3 Å². The van der Waals surface area contributed by atoms with Crippen LogP contribution in [0, 0.1) is 18.6 Å². The maximum absolute atomic E-state index is 13.4. The zero-order valence-electron chi connectivity index (χ0n) is 10.7. The molecule has 0 spiro atoms. The summed E-state index contributed by atoms with van der Waals surface area (Å²) in [5.41, 5.74) is 0.274. The molecule has 1 aromatic carbocycles. The van der Waals surface area contributed by atoms with Gasteiger partial charge >= 0.3 is 0 Å². The lowest BCUT2D eigenvalue weighted by molar-refractivity contribution is 0.0909. The number of benzene rings is 1. The summed E-state index contributed by atoms with van der Waals surface area (Å²) in [6, 6.07) is 5.06. The van der Waals surface area contributed by atoms with Crippen LogP contribution in [0.25, 0.3) is 0 Å². The third-order valence-electron chi connectivity index (χ3n) is 2.85. The first-order valence-electron chi connectivity index (χ1n) is 5.95. The molecule has 1 heterocycles. The summed E-state index contributed by atoms with van der Waals surface area (Å²) in [7, 11) is 0. The number of halogens is 2. The second-order valence-corrected chi connectivity index (χ2v) is 5.24. The van der Waals surface area contributed by atoms with Crippen LogP contribution in [-0.2, 0) is 0 Å². The molecule has 0 saturated heterocycles. The van der Waals surface area contributed by atoms with E-state index in [1.54, 1.807) is 0 Å². The third-order valence-corrected chi connectivity index (χ3v) is 3.97. The van der Waals surface area contributed by atoms with Crippen molar-refractivity contribution in [1.82, 2.24) is 5.32 Å². The molecular formula is C14H13F2NO2S. The highest BCUT2D eigenvalue weighted by molar-refractivity contribution is 7.10. The highest BCUT2D eigenvalue weighted by Gasteiger charge is 2.19. The molecule has 1 aromatic heterocycles. The van der Waals surface area contributed by atoms with Crippen molar-refractivity contribution >= 4 is 17.2 Å². The van der Waals surface area contributed by atoms with Crippen LogP contribution in [0.4, 0.5) is 8.78 Å². The monoisotopic (exact) mass is 297 g/mol. The molecule has 0 fully saturated rings. The summed E-state index contributed by atoms with van der Waals surface area (Å²) in [6.07, 6.45) is -0.895. The maximum Gasteiger partial charge on any atom is 0.257 e. The number of aryl methyl sites for hydroxylation is 1. The molecule has 2 rings (SSSR count). The third kappa shape index (κ3) is 3.02. The van der Waals surface area contributed by atoms with E-state index in [4.69, 9.17) is 0 Å². The Morgan fingerprint density at radius 2 is 2.00 bits per heavy atom. The second-order valence-electron chi connectivity index (χ2n) is 4.29. The van der Waals surface area contributed by atoms with E-state index in [9.17, 15) is 18.7 Å². The van der Waals surface area contributed by atoms with Gasteiger partial charge in [0, 0.05) is 11.4 Å². The smallest absolute Gasteiger partial charge is 0.257 e. The minimum absolute atomic E-state index is 0.103. The first-order valence-corrected chi connectivity index (χ1v) is 6.83. The van der Waals surface area contributed by atoms with E-state index in [1.807, 2.05) is 18.4 Å². The van der Waals surface area contributed by atoms with E-state index >= 15 is 0 Å². The van der Waals surface area contributed by atoms with Gasteiger partial charge in [-0.3, -0.25) is 4.79 Å². The van der Waals surface area contributed by atoms with Crippen LogP contribution in [0.1, 0.15) is 26.9 Å². The van der Waals surface area contributed by atoms with Crippen molar-refractivity contribution in [3.05, 3.63) is 57.3 Å². The Balaban J connectivity index is 2.04. The van der Waals surface area contributed by atoms with Gasteiger partial charge in [0.15, 0.2) is 0 Å². The van der Waals surface area contributed by atoms with Gasteiger partial charge in [0.2, 0.25) is 0 Å². The first-order chi connectivity index (χ1) is 9.50. The van der Waals surface area contributed by atoms with E-state index in [-0.39, 0.29) is 6.54 Å². The molecule has 106 valence electrons. The molecule has 1 atom stereocenters. The topological polar surface area (TPSA) is 49.3 Å². The number of nitrogens with one attached hydrogen (secondary N) is 1. The Hall–Kier alpha value is -1.79. The lowest BCUT2D eigenvalue weighted by atomic mass is 10.1. The zero-order valence-corrected chi connectivity index (χ0v) is 11.5. The summed E-state index contributed by atoms with van der Waals surface area (Å²) in [6.45, 7) is 1.74. The molecule has 0 aliphatic heterocycles. The van der Waals surface area contributed by atoms with Crippen LogP contribution in [0.15, 0.2) is 29.6 Å². The molecule has 2 aromatic rings. The number of carbonyl (C=O) groups excluding carboxylic acids is 1. The predicted molar refractivity (Wildman–Crippen MR) is 72.7 cm³/mol.